The third-order valence-electron chi connectivity index (χ3n) is 5.91. The van der Waals surface area contributed by atoms with E-state index in [1.807, 2.05) is 49.4 Å². The topological polar surface area (TPSA) is 121 Å². The predicted octanol–water partition coefficient (Wildman–Crippen LogP) is 6.45. The molecule has 1 saturated heterocycles. The van der Waals surface area contributed by atoms with Crippen LogP contribution in [0.2, 0.25) is 0 Å². The third-order valence-corrected chi connectivity index (χ3v) is 6.81. The summed E-state index contributed by atoms with van der Waals surface area (Å²) in [6.45, 7) is 2.44. The Morgan fingerprint density at radius 1 is 0.975 bits per heavy atom. The highest BCUT2D eigenvalue weighted by molar-refractivity contribution is 8.18. The van der Waals surface area contributed by atoms with Gasteiger partial charge in [0.15, 0.2) is 11.5 Å². The predicted molar refractivity (Wildman–Crippen MR) is 151 cm³/mol. The van der Waals surface area contributed by atoms with Gasteiger partial charge in [0, 0.05) is 17.5 Å². The van der Waals surface area contributed by atoms with Gasteiger partial charge in [-0.2, -0.15) is 0 Å². The van der Waals surface area contributed by atoms with Crippen LogP contribution in [-0.4, -0.2) is 45.7 Å². The molecule has 0 N–H and O–H groups in total. The first-order valence-corrected chi connectivity index (χ1v) is 13.2. The molecule has 0 saturated carbocycles. The highest BCUT2D eigenvalue weighted by Gasteiger charge is 2.35. The van der Waals surface area contributed by atoms with E-state index in [9.17, 15) is 19.7 Å². The minimum atomic E-state index is -0.545. The number of benzene rings is 3. The number of thioether (sulfide) groups is 1. The highest BCUT2D eigenvalue weighted by Crippen LogP contribution is 2.36. The van der Waals surface area contributed by atoms with Crippen LogP contribution in [0, 0.1) is 10.1 Å². The number of nitrogens with zero attached hydrogens (tertiary/aromatic N) is 3. The molecule has 40 heavy (non-hydrogen) atoms. The van der Waals surface area contributed by atoms with Crippen LogP contribution in [0.1, 0.15) is 12.5 Å². The Balaban J connectivity index is 1.27. The monoisotopic (exact) mass is 557 g/mol. The van der Waals surface area contributed by atoms with Gasteiger partial charge in [0.05, 0.1) is 23.0 Å². The van der Waals surface area contributed by atoms with E-state index in [1.54, 1.807) is 24.3 Å². The number of nitro groups is 1. The van der Waals surface area contributed by atoms with Crippen LogP contribution < -0.4 is 14.2 Å². The number of imide groups is 1. The van der Waals surface area contributed by atoms with Crippen LogP contribution in [0.15, 0.2) is 83.9 Å². The molecule has 202 valence electrons. The molecular weight excluding hydrogens is 534 g/mol. The van der Waals surface area contributed by atoms with E-state index in [-0.39, 0.29) is 34.9 Å². The van der Waals surface area contributed by atoms with Crippen molar-refractivity contribution in [2.24, 2.45) is 0 Å². The maximum absolute atomic E-state index is 13.0. The number of fused-ring (bicyclic) bond motifs is 1. The Morgan fingerprint density at radius 3 is 2.58 bits per heavy atom. The molecule has 2 heterocycles. The number of carbonyl (C=O) groups excluding carboxylic acids is 2. The van der Waals surface area contributed by atoms with Gasteiger partial charge in [0.2, 0.25) is 5.88 Å². The van der Waals surface area contributed by atoms with Gasteiger partial charge in [-0.1, -0.05) is 42.5 Å². The Kier molecular flexibility index (Phi) is 7.92. The maximum atomic E-state index is 13.0. The zero-order valence-electron chi connectivity index (χ0n) is 21.3. The lowest BCUT2D eigenvalue weighted by molar-refractivity contribution is -0.385. The van der Waals surface area contributed by atoms with Crippen molar-refractivity contribution in [3.8, 4) is 23.1 Å². The summed E-state index contributed by atoms with van der Waals surface area (Å²) in [7, 11) is 0. The third kappa shape index (κ3) is 5.89. The number of hydrogen-bond acceptors (Lipinski definition) is 9. The lowest BCUT2D eigenvalue weighted by Crippen LogP contribution is -2.32. The second-order valence-corrected chi connectivity index (χ2v) is 9.51. The number of hydrogen-bond donors (Lipinski definition) is 0. The first-order chi connectivity index (χ1) is 19.4. The van der Waals surface area contributed by atoms with Crippen molar-refractivity contribution in [3.63, 3.8) is 0 Å². The molecule has 5 rings (SSSR count). The van der Waals surface area contributed by atoms with E-state index in [2.05, 4.69) is 4.98 Å². The van der Waals surface area contributed by atoms with Crippen molar-refractivity contribution in [1.29, 1.82) is 0 Å². The molecule has 10 nitrogen and oxygen atoms in total. The van der Waals surface area contributed by atoms with Crippen molar-refractivity contribution in [3.05, 3.63) is 99.6 Å². The molecule has 0 spiro atoms. The summed E-state index contributed by atoms with van der Waals surface area (Å²) in [6, 6.07) is 21.3. The smallest absolute Gasteiger partial charge is 0.293 e. The zero-order chi connectivity index (χ0) is 28.1. The molecule has 11 heteroatoms. The van der Waals surface area contributed by atoms with Gasteiger partial charge in [-0.15, -0.1) is 0 Å². The Morgan fingerprint density at radius 2 is 1.80 bits per heavy atom. The normalized spacial score (nSPS) is 14.1. The number of aromatic nitrogens is 1. The lowest BCUT2D eigenvalue weighted by atomic mass is 10.1. The van der Waals surface area contributed by atoms with Gasteiger partial charge in [0.1, 0.15) is 18.6 Å². The van der Waals surface area contributed by atoms with E-state index < -0.39 is 10.8 Å². The SMILES string of the molecule is CCOc1cc(/C=C2\SC(=O)N(CCOc3cccc4ccccc34)C2=O)ccc1Oc1ccc([N+](=O)[O-])cn1. The molecule has 1 aliphatic heterocycles. The molecule has 3 aromatic carbocycles. The molecule has 4 aromatic rings. The summed E-state index contributed by atoms with van der Waals surface area (Å²) >= 11 is 0.861. The average molecular weight is 558 g/mol. The average Bonchev–Trinajstić information content (AvgIpc) is 3.22. The van der Waals surface area contributed by atoms with Crippen molar-refractivity contribution in [2.75, 3.05) is 19.8 Å². The van der Waals surface area contributed by atoms with Crippen LogP contribution in [-0.2, 0) is 4.79 Å². The van der Waals surface area contributed by atoms with Gasteiger partial charge in [-0.05, 0) is 53.9 Å². The van der Waals surface area contributed by atoms with Crippen LogP contribution >= 0.6 is 11.8 Å². The molecular formula is C29H23N3O7S. The Bertz CT molecular complexity index is 1620. The molecule has 0 radical (unpaired) electrons. The summed E-state index contributed by atoms with van der Waals surface area (Å²) in [6.07, 6.45) is 2.72. The minimum absolute atomic E-state index is 0.116. The fraction of sp³-hybridized carbons (Fsp3) is 0.138. The van der Waals surface area contributed by atoms with E-state index in [0.29, 0.717) is 29.4 Å². The Labute approximate surface area is 233 Å². The van der Waals surface area contributed by atoms with Gasteiger partial charge in [-0.25, -0.2) is 4.98 Å². The second kappa shape index (κ2) is 11.9. The second-order valence-electron chi connectivity index (χ2n) is 8.51. The van der Waals surface area contributed by atoms with Crippen LogP contribution in [0.5, 0.6) is 23.1 Å². The number of carbonyl (C=O) groups is 2. The fourth-order valence-electron chi connectivity index (χ4n) is 4.03. The summed E-state index contributed by atoms with van der Waals surface area (Å²) in [5.41, 5.74) is 0.478. The molecule has 1 fully saturated rings. The molecule has 0 atom stereocenters. The molecule has 1 aliphatic rings. The summed E-state index contributed by atoms with van der Waals surface area (Å²) in [5.74, 6) is 1.18. The number of rotatable bonds is 10. The van der Waals surface area contributed by atoms with Gasteiger partial charge >= 0.3 is 0 Å². The molecule has 0 bridgehead atoms. The highest BCUT2D eigenvalue weighted by atomic mass is 32.2. The molecule has 1 aromatic heterocycles. The number of pyridine rings is 1. The summed E-state index contributed by atoms with van der Waals surface area (Å²) in [4.78, 5) is 41.3. The van der Waals surface area contributed by atoms with E-state index in [0.717, 1.165) is 28.7 Å². The Hall–Kier alpha value is -4.90. The van der Waals surface area contributed by atoms with E-state index in [4.69, 9.17) is 14.2 Å². The molecule has 0 unspecified atom stereocenters. The molecule has 2 amide bonds. The van der Waals surface area contributed by atoms with Crippen molar-refractivity contribution in [2.45, 2.75) is 6.92 Å². The van der Waals surface area contributed by atoms with Gasteiger partial charge < -0.3 is 14.2 Å². The van der Waals surface area contributed by atoms with Crippen LogP contribution in [0.25, 0.3) is 16.8 Å². The number of ether oxygens (including phenoxy) is 3. The zero-order valence-corrected chi connectivity index (χ0v) is 22.1. The van der Waals surface area contributed by atoms with E-state index in [1.165, 1.54) is 17.0 Å². The van der Waals surface area contributed by atoms with Crippen LogP contribution in [0.3, 0.4) is 0 Å². The standard InChI is InChI=1S/C29H23N3O7S/c1-2-37-25-16-19(10-12-24(25)39-27-13-11-21(18-30-27)32(35)36)17-26-28(33)31(29(34)40-26)14-15-38-23-9-5-7-20-6-3-4-8-22(20)23/h3-13,16-18H,2,14-15H2,1H3/b26-17-. The molecule has 0 aliphatic carbocycles. The summed E-state index contributed by atoms with van der Waals surface area (Å²) in [5, 5.41) is 12.5. The first-order valence-electron chi connectivity index (χ1n) is 12.3. The quantitative estimate of drug-likeness (QED) is 0.123. The fourth-order valence-corrected chi connectivity index (χ4v) is 4.90. The minimum Gasteiger partial charge on any atom is -0.491 e. The van der Waals surface area contributed by atoms with E-state index >= 15 is 0 Å². The number of amides is 2. The van der Waals surface area contributed by atoms with Crippen LogP contribution in [0.4, 0.5) is 10.5 Å². The lowest BCUT2D eigenvalue weighted by Gasteiger charge is -2.14. The summed E-state index contributed by atoms with van der Waals surface area (Å²) < 4.78 is 17.4. The van der Waals surface area contributed by atoms with Gasteiger partial charge in [-0.3, -0.25) is 24.6 Å². The van der Waals surface area contributed by atoms with Crippen molar-refractivity contribution >= 4 is 45.4 Å². The maximum Gasteiger partial charge on any atom is 0.293 e. The largest absolute Gasteiger partial charge is 0.491 e. The van der Waals surface area contributed by atoms with Crippen molar-refractivity contribution < 1.29 is 28.7 Å². The first kappa shape index (κ1) is 26.7. The van der Waals surface area contributed by atoms with Crippen molar-refractivity contribution in [1.82, 2.24) is 9.88 Å². The van der Waals surface area contributed by atoms with Gasteiger partial charge in [0.25, 0.3) is 16.8 Å².